The van der Waals surface area contributed by atoms with Gasteiger partial charge in [0.1, 0.15) is 11.6 Å². The maximum atomic E-state index is 11.7. The molecule has 1 amide bonds. The smallest absolute Gasteiger partial charge is 0.408 e. The summed E-state index contributed by atoms with van der Waals surface area (Å²) in [5.41, 5.74) is -0.564. The first-order valence-electron chi connectivity index (χ1n) is 6.26. The number of rotatable bonds is 5. The number of aldehydes is 1. The van der Waals surface area contributed by atoms with Crippen LogP contribution in [0.2, 0.25) is 0 Å². The number of nitrogens with one attached hydrogen (secondary N) is 1. The first kappa shape index (κ1) is 15.2. The van der Waals surface area contributed by atoms with E-state index in [4.69, 9.17) is 9.15 Å². The predicted octanol–water partition coefficient (Wildman–Crippen LogP) is 2.85. The second kappa shape index (κ2) is 6.36. The van der Waals surface area contributed by atoms with Crippen molar-refractivity contribution in [1.29, 1.82) is 0 Å². The van der Waals surface area contributed by atoms with E-state index < -0.39 is 17.7 Å². The Morgan fingerprint density at radius 1 is 1.58 bits per heavy atom. The Morgan fingerprint density at radius 3 is 2.74 bits per heavy atom. The average molecular weight is 268 g/mol. The first-order valence-corrected chi connectivity index (χ1v) is 6.26. The third-order valence-corrected chi connectivity index (χ3v) is 2.22. The molecule has 1 aromatic rings. The summed E-state index contributed by atoms with van der Waals surface area (Å²) in [5.74, 6) is 0.455. The van der Waals surface area contributed by atoms with E-state index in [9.17, 15) is 9.59 Å². The van der Waals surface area contributed by atoms with Crippen molar-refractivity contribution in [3.63, 3.8) is 0 Å². The van der Waals surface area contributed by atoms with Gasteiger partial charge < -0.3 is 14.5 Å². The largest absolute Gasteiger partial charge is 0.444 e. The minimum Gasteiger partial charge on any atom is -0.444 e. The van der Waals surface area contributed by atoms with Gasteiger partial charge in [0.15, 0.2) is 12.0 Å². The fraction of sp³-hybridized carbons (Fsp3) is 0.615. The van der Waals surface area contributed by atoms with Gasteiger partial charge in [-0.1, -0.05) is 13.3 Å². The number of oxazole rings is 1. The number of hydrogen-bond donors (Lipinski definition) is 1. The third kappa shape index (κ3) is 5.11. The molecule has 0 spiro atoms. The second-order valence-corrected chi connectivity index (χ2v) is 5.21. The number of hydrogen-bond acceptors (Lipinski definition) is 5. The lowest BCUT2D eigenvalue weighted by molar-refractivity contribution is 0.0492. The minimum atomic E-state index is -0.564. The highest BCUT2D eigenvalue weighted by atomic mass is 16.6. The van der Waals surface area contributed by atoms with Gasteiger partial charge >= 0.3 is 6.09 Å². The van der Waals surface area contributed by atoms with E-state index in [1.54, 1.807) is 20.8 Å². The van der Waals surface area contributed by atoms with Crippen molar-refractivity contribution in [1.82, 2.24) is 10.3 Å². The molecule has 106 valence electrons. The lowest BCUT2D eigenvalue weighted by Gasteiger charge is -2.22. The maximum absolute atomic E-state index is 11.7. The van der Waals surface area contributed by atoms with Gasteiger partial charge in [0.2, 0.25) is 5.89 Å². The summed E-state index contributed by atoms with van der Waals surface area (Å²) in [6.45, 7) is 7.35. The van der Waals surface area contributed by atoms with Crippen LogP contribution in [0, 0.1) is 0 Å². The van der Waals surface area contributed by atoms with E-state index in [2.05, 4.69) is 10.3 Å². The Balaban J connectivity index is 2.72. The van der Waals surface area contributed by atoms with Crippen LogP contribution in [0.4, 0.5) is 4.79 Å². The molecule has 19 heavy (non-hydrogen) atoms. The zero-order valence-corrected chi connectivity index (χ0v) is 11.7. The molecular weight excluding hydrogens is 248 g/mol. The van der Waals surface area contributed by atoms with Crippen LogP contribution in [0.15, 0.2) is 10.6 Å². The summed E-state index contributed by atoms with van der Waals surface area (Å²) in [7, 11) is 0. The number of carbonyl (C=O) groups is 2. The molecule has 1 rings (SSSR count). The van der Waals surface area contributed by atoms with Gasteiger partial charge in [0.05, 0.1) is 6.20 Å². The number of aromatic nitrogens is 1. The van der Waals surface area contributed by atoms with Crippen LogP contribution in [0.3, 0.4) is 0 Å². The summed E-state index contributed by atoms with van der Waals surface area (Å²) >= 11 is 0. The molecule has 1 heterocycles. The van der Waals surface area contributed by atoms with Crippen molar-refractivity contribution >= 4 is 12.4 Å². The summed E-state index contributed by atoms with van der Waals surface area (Å²) in [5, 5.41) is 2.69. The molecule has 0 fully saturated rings. The summed E-state index contributed by atoms with van der Waals surface area (Å²) in [6, 6.07) is -0.395. The lowest BCUT2D eigenvalue weighted by Crippen LogP contribution is -2.35. The normalized spacial score (nSPS) is 12.8. The van der Waals surface area contributed by atoms with Crippen molar-refractivity contribution in [2.75, 3.05) is 0 Å². The fourth-order valence-electron chi connectivity index (χ4n) is 1.51. The van der Waals surface area contributed by atoms with Crippen molar-refractivity contribution < 1.29 is 18.7 Å². The molecule has 0 unspecified atom stereocenters. The van der Waals surface area contributed by atoms with E-state index in [1.807, 2.05) is 6.92 Å². The van der Waals surface area contributed by atoms with E-state index in [0.717, 1.165) is 6.42 Å². The quantitative estimate of drug-likeness (QED) is 0.830. The van der Waals surface area contributed by atoms with Crippen LogP contribution >= 0.6 is 0 Å². The Hall–Kier alpha value is -1.85. The van der Waals surface area contributed by atoms with Gasteiger partial charge in [0.25, 0.3) is 0 Å². The molecule has 0 bridgehead atoms. The zero-order valence-electron chi connectivity index (χ0n) is 11.7. The topological polar surface area (TPSA) is 81.4 Å². The second-order valence-electron chi connectivity index (χ2n) is 5.21. The van der Waals surface area contributed by atoms with Crippen LogP contribution in [0.5, 0.6) is 0 Å². The Bertz CT molecular complexity index is 434. The van der Waals surface area contributed by atoms with E-state index in [1.165, 1.54) is 6.20 Å². The third-order valence-electron chi connectivity index (χ3n) is 2.22. The molecule has 6 nitrogen and oxygen atoms in total. The minimum absolute atomic E-state index is 0.141. The summed E-state index contributed by atoms with van der Waals surface area (Å²) in [4.78, 5) is 26.3. The summed E-state index contributed by atoms with van der Waals surface area (Å²) < 4.78 is 10.4. The molecule has 0 radical (unpaired) electrons. The Kier molecular flexibility index (Phi) is 5.09. The molecule has 6 heteroatoms. The molecule has 0 aromatic carbocycles. The summed E-state index contributed by atoms with van der Waals surface area (Å²) in [6.07, 6.45) is 2.86. The molecule has 1 aromatic heterocycles. The number of amides is 1. The van der Waals surface area contributed by atoms with Crippen molar-refractivity contribution in [3.05, 3.63) is 17.8 Å². The van der Waals surface area contributed by atoms with Gasteiger partial charge in [-0.3, -0.25) is 4.79 Å². The highest BCUT2D eigenvalue weighted by molar-refractivity contribution is 5.70. The van der Waals surface area contributed by atoms with Gasteiger partial charge in [-0.25, -0.2) is 9.78 Å². The standard InChI is InChI=1S/C13H20N2O4/c1-5-6-10(11-14-7-9(8-16)18-11)15-12(17)19-13(2,3)4/h7-8,10H,5-6H2,1-4H3,(H,15,17)/t10-/m0/s1. The van der Waals surface area contributed by atoms with Gasteiger partial charge in [0, 0.05) is 0 Å². The van der Waals surface area contributed by atoms with E-state index >= 15 is 0 Å². The molecule has 0 saturated heterocycles. The molecule has 1 atom stereocenters. The van der Waals surface area contributed by atoms with Gasteiger partial charge in [-0.2, -0.15) is 0 Å². The van der Waals surface area contributed by atoms with Gasteiger partial charge in [-0.05, 0) is 27.2 Å². The van der Waals surface area contributed by atoms with Crippen LogP contribution in [0.25, 0.3) is 0 Å². The van der Waals surface area contributed by atoms with Crippen LogP contribution in [-0.2, 0) is 4.74 Å². The number of nitrogens with zero attached hydrogens (tertiary/aromatic N) is 1. The highest BCUT2D eigenvalue weighted by Crippen LogP contribution is 2.19. The SMILES string of the molecule is CCC[C@H](NC(=O)OC(C)(C)C)c1ncc(C=O)o1. The van der Waals surface area contributed by atoms with Crippen molar-refractivity contribution in [2.24, 2.45) is 0 Å². The lowest BCUT2D eigenvalue weighted by atomic mass is 10.1. The molecule has 0 saturated carbocycles. The maximum Gasteiger partial charge on any atom is 0.408 e. The van der Waals surface area contributed by atoms with Crippen molar-refractivity contribution in [3.8, 4) is 0 Å². The Morgan fingerprint density at radius 2 is 2.26 bits per heavy atom. The monoisotopic (exact) mass is 268 g/mol. The van der Waals surface area contributed by atoms with Crippen LogP contribution in [-0.4, -0.2) is 23.0 Å². The van der Waals surface area contributed by atoms with E-state index in [-0.39, 0.29) is 5.76 Å². The molecule has 0 aliphatic carbocycles. The molecule has 1 N–H and O–H groups in total. The van der Waals surface area contributed by atoms with Crippen molar-refractivity contribution in [2.45, 2.75) is 52.2 Å². The Labute approximate surface area is 112 Å². The molecular formula is C13H20N2O4. The highest BCUT2D eigenvalue weighted by Gasteiger charge is 2.23. The number of alkyl carbamates (subject to hydrolysis) is 1. The molecule has 0 aliphatic rings. The number of ether oxygens (including phenoxy) is 1. The van der Waals surface area contributed by atoms with Gasteiger partial charge in [-0.15, -0.1) is 0 Å². The molecule has 0 aliphatic heterocycles. The number of carbonyl (C=O) groups excluding carboxylic acids is 2. The zero-order chi connectivity index (χ0) is 14.5. The first-order chi connectivity index (χ1) is 8.85. The average Bonchev–Trinajstić information content (AvgIpc) is 2.74. The van der Waals surface area contributed by atoms with E-state index in [0.29, 0.717) is 18.6 Å². The predicted molar refractivity (Wildman–Crippen MR) is 68.9 cm³/mol. The van der Waals surface area contributed by atoms with Crippen LogP contribution < -0.4 is 5.32 Å². The van der Waals surface area contributed by atoms with Crippen LogP contribution in [0.1, 0.15) is 63.0 Å². The fourth-order valence-corrected chi connectivity index (χ4v) is 1.51.